The highest BCUT2D eigenvalue weighted by atomic mass is 32.2. The lowest BCUT2D eigenvalue weighted by molar-refractivity contribution is -0.172. The lowest BCUT2D eigenvalue weighted by atomic mass is 10.1. The van der Waals surface area contributed by atoms with Gasteiger partial charge in [-0.25, -0.2) is 18.4 Å². The number of nitrogens with one attached hydrogen (secondary N) is 2. The summed E-state index contributed by atoms with van der Waals surface area (Å²) in [5, 5.41) is 2.82. The third kappa shape index (κ3) is 4.70. The molecule has 0 saturated heterocycles. The highest BCUT2D eigenvalue weighted by Crippen LogP contribution is 2.39. The quantitative estimate of drug-likeness (QED) is 0.640. The predicted molar refractivity (Wildman–Crippen MR) is 113 cm³/mol. The van der Waals surface area contributed by atoms with E-state index in [9.17, 15) is 31.2 Å². The Morgan fingerprint density at radius 2 is 2.00 bits per heavy atom. The Hall–Kier alpha value is -2.74. The second-order valence-corrected chi connectivity index (χ2v) is 10.2. The molecule has 2 aromatic heterocycles. The number of hydrogen-bond acceptors (Lipinski definition) is 7. The number of rotatable bonds is 6. The highest BCUT2D eigenvalue weighted by Gasteiger charge is 2.46. The van der Waals surface area contributed by atoms with Crippen molar-refractivity contribution in [2.75, 3.05) is 15.8 Å². The number of pyridine rings is 1. The van der Waals surface area contributed by atoms with Crippen molar-refractivity contribution in [3.05, 3.63) is 22.9 Å². The number of amides is 2. The normalized spacial score (nSPS) is 15.0. The van der Waals surface area contributed by atoms with Gasteiger partial charge in [0.15, 0.2) is 10.9 Å². The molecule has 0 aromatic carbocycles. The van der Waals surface area contributed by atoms with Crippen molar-refractivity contribution in [3.63, 3.8) is 0 Å². The van der Waals surface area contributed by atoms with E-state index in [2.05, 4.69) is 20.0 Å². The first-order valence-corrected chi connectivity index (χ1v) is 11.9. The highest BCUT2D eigenvalue weighted by molar-refractivity contribution is 7.92. The molecule has 9 nitrogen and oxygen atoms in total. The molecular formula is C18H20F3N5O4S2. The molecule has 14 heteroatoms. The summed E-state index contributed by atoms with van der Waals surface area (Å²) >= 11 is 1.07. The molecular weight excluding hydrogens is 471 g/mol. The lowest BCUT2D eigenvalue weighted by Gasteiger charge is -2.26. The number of anilines is 2. The maximum Gasteiger partial charge on any atom is 0.408 e. The molecule has 2 amide bonds. The van der Waals surface area contributed by atoms with Crippen LogP contribution in [0.4, 0.5) is 24.1 Å². The summed E-state index contributed by atoms with van der Waals surface area (Å²) in [6.45, 7) is 4.83. The van der Waals surface area contributed by atoms with Crippen LogP contribution in [-0.2, 0) is 21.4 Å². The molecule has 0 unspecified atom stereocenters. The van der Waals surface area contributed by atoms with Gasteiger partial charge in [-0.3, -0.25) is 14.3 Å². The monoisotopic (exact) mass is 491 g/mol. The smallest absolute Gasteiger partial charge is 0.322 e. The standard InChI is InChI=1S/C18H20F3N5O4S2/c1-5-32(29,30)25-15-13-11(7-26(16(13)28)9(3)18(19,20)21)6-12(24-15)14-8(2)22-17(31-14)23-10(4)27/h6,9H,5,7H2,1-4H3,(H,24,25)(H,22,23,27)/t9-/m0/s1. The number of carbonyl (C=O) groups excluding carboxylic acids is 2. The van der Waals surface area contributed by atoms with Crippen molar-refractivity contribution < 1.29 is 31.2 Å². The molecule has 32 heavy (non-hydrogen) atoms. The Morgan fingerprint density at radius 3 is 2.56 bits per heavy atom. The van der Waals surface area contributed by atoms with Gasteiger partial charge >= 0.3 is 6.18 Å². The van der Waals surface area contributed by atoms with E-state index in [-0.39, 0.29) is 46.0 Å². The zero-order chi connectivity index (χ0) is 24.0. The molecule has 2 aromatic rings. The second-order valence-electron chi connectivity index (χ2n) is 7.16. The predicted octanol–water partition coefficient (Wildman–Crippen LogP) is 3.14. The molecule has 1 aliphatic rings. The van der Waals surface area contributed by atoms with Crippen LogP contribution in [0.25, 0.3) is 10.6 Å². The fourth-order valence-electron chi connectivity index (χ4n) is 3.10. The van der Waals surface area contributed by atoms with Gasteiger partial charge < -0.3 is 10.2 Å². The summed E-state index contributed by atoms with van der Waals surface area (Å²) < 4.78 is 66.4. The summed E-state index contributed by atoms with van der Waals surface area (Å²) in [5.74, 6) is -1.96. The molecule has 1 aliphatic heterocycles. The Bertz CT molecular complexity index is 1190. The molecule has 3 heterocycles. The molecule has 0 aliphatic carbocycles. The Labute approximate surface area is 186 Å². The van der Waals surface area contributed by atoms with E-state index in [0.29, 0.717) is 15.5 Å². The molecule has 0 bridgehead atoms. The van der Waals surface area contributed by atoms with Crippen LogP contribution in [0.15, 0.2) is 6.07 Å². The summed E-state index contributed by atoms with van der Waals surface area (Å²) in [4.78, 5) is 33.7. The average Bonchev–Trinajstić information content (AvgIpc) is 3.19. The van der Waals surface area contributed by atoms with Gasteiger partial charge in [-0.1, -0.05) is 11.3 Å². The first-order chi connectivity index (χ1) is 14.7. The first kappa shape index (κ1) is 23.9. The minimum atomic E-state index is -4.65. The van der Waals surface area contributed by atoms with Crippen LogP contribution in [0.1, 0.15) is 42.4 Å². The SMILES string of the molecule is CCS(=O)(=O)Nc1nc(-c2sc(NC(C)=O)nc2C)cc2c1C(=O)N([C@@H](C)C(F)(F)F)C2. The van der Waals surface area contributed by atoms with Crippen LogP contribution >= 0.6 is 11.3 Å². The first-order valence-electron chi connectivity index (χ1n) is 9.41. The van der Waals surface area contributed by atoms with Crippen molar-refractivity contribution in [2.24, 2.45) is 0 Å². The Kier molecular flexibility index (Phi) is 6.21. The van der Waals surface area contributed by atoms with E-state index in [1.807, 2.05) is 0 Å². The fraction of sp³-hybridized carbons (Fsp3) is 0.444. The van der Waals surface area contributed by atoms with E-state index in [1.165, 1.54) is 19.9 Å². The largest absolute Gasteiger partial charge is 0.408 e. The van der Waals surface area contributed by atoms with Gasteiger partial charge in [0.2, 0.25) is 15.9 Å². The van der Waals surface area contributed by atoms with Crippen LogP contribution in [-0.4, -0.2) is 53.1 Å². The van der Waals surface area contributed by atoms with Crippen molar-refractivity contribution >= 4 is 44.1 Å². The summed E-state index contributed by atoms with van der Waals surface area (Å²) in [6, 6.07) is -0.629. The third-order valence-electron chi connectivity index (χ3n) is 4.80. The number of thiazole rings is 1. The van der Waals surface area contributed by atoms with E-state index in [1.54, 1.807) is 6.92 Å². The van der Waals surface area contributed by atoms with Gasteiger partial charge in [-0.05, 0) is 32.4 Å². The van der Waals surface area contributed by atoms with E-state index >= 15 is 0 Å². The molecule has 174 valence electrons. The third-order valence-corrected chi connectivity index (χ3v) is 7.16. The lowest BCUT2D eigenvalue weighted by Crippen LogP contribution is -2.43. The number of nitrogens with zero attached hydrogens (tertiary/aromatic N) is 3. The van der Waals surface area contributed by atoms with Crippen molar-refractivity contribution in [2.45, 2.75) is 46.5 Å². The van der Waals surface area contributed by atoms with Crippen LogP contribution in [0.5, 0.6) is 0 Å². The van der Waals surface area contributed by atoms with Gasteiger partial charge in [0.05, 0.1) is 27.6 Å². The van der Waals surface area contributed by atoms with E-state index < -0.39 is 28.1 Å². The van der Waals surface area contributed by atoms with Gasteiger partial charge in [-0.2, -0.15) is 13.2 Å². The number of aromatic nitrogens is 2. The minimum Gasteiger partial charge on any atom is -0.322 e. The van der Waals surface area contributed by atoms with Crippen molar-refractivity contribution in [1.29, 1.82) is 0 Å². The average molecular weight is 492 g/mol. The molecule has 0 spiro atoms. The van der Waals surface area contributed by atoms with Gasteiger partial charge in [0.25, 0.3) is 5.91 Å². The molecule has 1 atom stereocenters. The second kappa shape index (κ2) is 8.31. The zero-order valence-corrected chi connectivity index (χ0v) is 19.1. The van der Waals surface area contributed by atoms with Crippen LogP contribution in [0, 0.1) is 6.92 Å². The van der Waals surface area contributed by atoms with Gasteiger partial charge in [0.1, 0.15) is 6.04 Å². The number of fused-ring (bicyclic) bond motifs is 1. The number of hydrogen-bond donors (Lipinski definition) is 2. The summed E-state index contributed by atoms with van der Waals surface area (Å²) in [7, 11) is -3.88. The number of aryl methyl sites for hydroxylation is 1. The van der Waals surface area contributed by atoms with E-state index in [4.69, 9.17) is 0 Å². The summed E-state index contributed by atoms with van der Waals surface area (Å²) in [5.41, 5.74) is 0.684. The Balaban J connectivity index is 2.14. The minimum absolute atomic E-state index is 0.207. The molecule has 0 fully saturated rings. The maximum absolute atomic E-state index is 13.3. The van der Waals surface area contributed by atoms with Crippen LogP contribution in [0.3, 0.4) is 0 Å². The van der Waals surface area contributed by atoms with Crippen LogP contribution in [0.2, 0.25) is 0 Å². The fourth-order valence-corrected chi connectivity index (χ4v) is 4.66. The number of halogens is 3. The Morgan fingerprint density at radius 1 is 1.34 bits per heavy atom. The maximum atomic E-state index is 13.3. The zero-order valence-electron chi connectivity index (χ0n) is 17.5. The molecule has 0 saturated carbocycles. The number of alkyl halides is 3. The molecule has 2 N–H and O–H groups in total. The molecule has 3 rings (SSSR count). The van der Waals surface area contributed by atoms with Gasteiger partial charge in [0, 0.05) is 13.5 Å². The molecule has 0 radical (unpaired) electrons. The number of carbonyl (C=O) groups is 2. The topological polar surface area (TPSA) is 121 Å². The number of sulfonamides is 1. The van der Waals surface area contributed by atoms with Crippen molar-refractivity contribution in [1.82, 2.24) is 14.9 Å². The van der Waals surface area contributed by atoms with Crippen LogP contribution < -0.4 is 10.0 Å². The van der Waals surface area contributed by atoms with Crippen molar-refractivity contribution in [3.8, 4) is 10.6 Å². The van der Waals surface area contributed by atoms with Gasteiger partial charge in [-0.15, -0.1) is 0 Å². The summed E-state index contributed by atoms with van der Waals surface area (Å²) in [6.07, 6.45) is -4.65. The van der Waals surface area contributed by atoms with E-state index in [0.717, 1.165) is 18.3 Å².